The van der Waals surface area contributed by atoms with E-state index >= 15 is 0 Å². The summed E-state index contributed by atoms with van der Waals surface area (Å²) in [6, 6.07) is 11.9. The third-order valence-corrected chi connectivity index (χ3v) is 9.22. The van der Waals surface area contributed by atoms with Crippen LogP contribution in [0.1, 0.15) is 25.7 Å². The number of benzene rings is 2. The van der Waals surface area contributed by atoms with Crippen molar-refractivity contribution in [3.05, 3.63) is 52.5 Å². The van der Waals surface area contributed by atoms with Crippen molar-refractivity contribution >= 4 is 35.0 Å². The number of likely N-dealkylation sites (tertiary alicyclic amines) is 2. The second-order valence-corrected chi connectivity index (χ2v) is 12.1. The lowest BCUT2D eigenvalue weighted by atomic mass is 10.0. The molecule has 2 heterocycles. The third kappa shape index (κ3) is 7.81. The van der Waals surface area contributed by atoms with E-state index in [0.29, 0.717) is 11.5 Å². The van der Waals surface area contributed by atoms with Crippen LogP contribution in [0.2, 0.25) is 10.0 Å². The molecule has 0 N–H and O–H groups in total. The minimum Gasteiger partial charge on any atom is -0.497 e. The number of nitrogens with zero attached hydrogens (tertiary/aromatic N) is 4. The van der Waals surface area contributed by atoms with Crippen LogP contribution in [0.15, 0.2) is 42.5 Å². The Kier molecular flexibility index (Phi) is 11.2. The SMILES string of the molecule is COc1ccc(OC(C(=O)N(C)C2CCN(C)CC2)C(Oc2cccc(Cl)c2Cl)C(=O)N(C)C2CCN(C)CC2)cc1. The van der Waals surface area contributed by atoms with Gasteiger partial charge in [-0.05, 0) is 102 Å². The average molecular weight is 622 g/mol. The zero-order valence-corrected chi connectivity index (χ0v) is 26.6. The number of methoxy groups -OCH3 is 1. The number of amides is 2. The topological polar surface area (TPSA) is 74.8 Å². The van der Waals surface area contributed by atoms with E-state index in [0.717, 1.165) is 51.9 Å². The van der Waals surface area contributed by atoms with Gasteiger partial charge in [0.25, 0.3) is 11.8 Å². The number of halogens is 2. The molecule has 0 aliphatic carbocycles. The van der Waals surface area contributed by atoms with Gasteiger partial charge in [-0.2, -0.15) is 0 Å². The van der Waals surface area contributed by atoms with E-state index < -0.39 is 12.2 Å². The van der Waals surface area contributed by atoms with Crippen molar-refractivity contribution < 1.29 is 23.8 Å². The maximum Gasteiger partial charge on any atom is 0.268 e. The predicted octanol–water partition coefficient (Wildman–Crippen LogP) is 4.30. The van der Waals surface area contributed by atoms with Crippen molar-refractivity contribution in [3.63, 3.8) is 0 Å². The van der Waals surface area contributed by atoms with E-state index in [4.69, 9.17) is 37.4 Å². The summed E-state index contributed by atoms with van der Waals surface area (Å²) >= 11 is 12.8. The molecule has 42 heavy (non-hydrogen) atoms. The van der Waals surface area contributed by atoms with Crippen LogP contribution in [-0.2, 0) is 9.59 Å². The molecule has 2 unspecified atom stereocenters. The standard InChI is InChI=1S/C31H42Cl2N4O5/c1-34-17-13-21(14-18-34)36(3)30(38)28(41-24-11-9-23(40-5)10-12-24)29(42-26-8-6-7-25(32)27(26)33)31(39)37(4)22-15-19-35(2)20-16-22/h6-12,21-22,28-29H,13-20H2,1-5H3. The fourth-order valence-electron chi connectivity index (χ4n) is 5.52. The Bertz CT molecular complexity index is 1200. The Hall–Kier alpha value is -2.72. The lowest BCUT2D eigenvalue weighted by Crippen LogP contribution is -2.59. The number of likely N-dealkylation sites (N-methyl/N-ethyl adjacent to an activating group) is 2. The molecule has 2 aromatic carbocycles. The number of carbonyl (C=O) groups is 2. The van der Waals surface area contributed by atoms with Crippen LogP contribution >= 0.6 is 23.2 Å². The summed E-state index contributed by atoms with van der Waals surface area (Å²) in [5.41, 5.74) is 0. The first-order valence-corrected chi connectivity index (χ1v) is 15.2. The molecule has 0 spiro atoms. The second kappa shape index (κ2) is 14.6. The first-order chi connectivity index (χ1) is 20.1. The van der Waals surface area contributed by atoms with Crippen LogP contribution in [0, 0.1) is 0 Å². The molecular formula is C31H42Cl2N4O5. The zero-order chi connectivity index (χ0) is 30.4. The minimum atomic E-state index is -1.33. The van der Waals surface area contributed by atoms with Gasteiger partial charge >= 0.3 is 0 Å². The van der Waals surface area contributed by atoms with Gasteiger partial charge in [0, 0.05) is 26.2 Å². The molecule has 0 bridgehead atoms. The molecule has 2 fully saturated rings. The van der Waals surface area contributed by atoms with Gasteiger partial charge in [-0.25, -0.2) is 0 Å². The summed E-state index contributed by atoms with van der Waals surface area (Å²) in [4.78, 5) is 36.6. The third-order valence-electron chi connectivity index (χ3n) is 8.42. The molecular weight excluding hydrogens is 579 g/mol. The fraction of sp³-hybridized carbons (Fsp3) is 0.548. The van der Waals surface area contributed by atoms with Gasteiger partial charge in [0.05, 0.1) is 12.1 Å². The number of rotatable bonds is 10. The summed E-state index contributed by atoms with van der Waals surface area (Å²) < 4.78 is 18.0. The molecule has 2 aliphatic rings. The van der Waals surface area contributed by atoms with Gasteiger partial charge in [-0.3, -0.25) is 9.59 Å². The fourth-order valence-corrected chi connectivity index (χ4v) is 5.86. The van der Waals surface area contributed by atoms with Crippen LogP contribution in [0.3, 0.4) is 0 Å². The number of ether oxygens (including phenoxy) is 3. The summed E-state index contributed by atoms with van der Waals surface area (Å²) in [7, 11) is 9.27. The lowest BCUT2D eigenvalue weighted by molar-refractivity contribution is -0.156. The molecule has 230 valence electrons. The van der Waals surface area contributed by atoms with Gasteiger partial charge < -0.3 is 33.8 Å². The highest BCUT2D eigenvalue weighted by atomic mass is 35.5. The first-order valence-electron chi connectivity index (χ1n) is 14.4. The zero-order valence-electron chi connectivity index (χ0n) is 25.1. The molecule has 11 heteroatoms. The quantitative estimate of drug-likeness (QED) is 0.392. The molecule has 2 aromatic rings. The van der Waals surface area contributed by atoms with Gasteiger partial charge in [0.2, 0.25) is 12.2 Å². The number of hydrogen-bond acceptors (Lipinski definition) is 7. The van der Waals surface area contributed by atoms with E-state index in [-0.39, 0.29) is 39.7 Å². The van der Waals surface area contributed by atoms with E-state index in [2.05, 4.69) is 23.9 Å². The molecule has 2 amide bonds. The van der Waals surface area contributed by atoms with Crippen molar-refractivity contribution in [1.29, 1.82) is 0 Å². The summed E-state index contributed by atoms with van der Waals surface area (Å²) in [5.74, 6) is 0.562. The molecule has 0 aromatic heterocycles. The van der Waals surface area contributed by atoms with Gasteiger partial charge in [-0.1, -0.05) is 29.3 Å². The Morgan fingerprint density at radius 1 is 0.762 bits per heavy atom. The minimum absolute atomic E-state index is 0.00187. The first kappa shape index (κ1) is 32.2. The van der Waals surface area contributed by atoms with Crippen LogP contribution < -0.4 is 14.2 Å². The van der Waals surface area contributed by atoms with Crippen molar-refractivity contribution in [1.82, 2.24) is 19.6 Å². The van der Waals surface area contributed by atoms with E-state index in [1.165, 1.54) is 0 Å². The molecule has 2 aliphatic heterocycles. The van der Waals surface area contributed by atoms with Crippen LogP contribution in [-0.4, -0.2) is 117 Å². The number of carbonyl (C=O) groups excluding carboxylic acids is 2. The maximum atomic E-state index is 14.3. The van der Waals surface area contributed by atoms with E-state index in [1.807, 2.05) is 0 Å². The van der Waals surface area contributed by atoms with E-state index in [1.54, 1.807) is 73.5 Å². The van der Waals surface area contributed by atoms with Crippen molar-refractivity contribution in [3.8, 4) is 17.2 Å². The normalized spacial score (nSPS) is 18.6. The smallest absolute Gasteiger partial charge is 0.268 e. The molecule has 4 rings (SSSR count). The highest BCUT2D eigenvalue weighted by molar-refractivity contribution is 6.42. The van der Waals surface area contributed by atoms with E-state index in [9.17, 15) is 9.59 Å². The summed E-state index contributed by atoms with van der Waals surface area (Å²) in [6.07, 6.45) is 0.660. The largest absolute Gasteiger partial charge is 0.497 e. The molecule has 9 nitrogen and oxygen atoms in total. The maximum absolute atomic E-state index is 14.3. The Balaban J connectivity index is 1.71. The average Bonchev–Trinajstić information content (AvgIpc) is 3.00. The highest BCUT2D eigenvalue weighted by Crippen LogP contribution is 2.34. The number of piperidine rings is 2. The predicted molar refractivity (Wildman–Crippen MR) is 165 cm³/mol. The highest BCUT2D eigenvalue weighted by Gasteiger charge is 2.44. The van der Waals surface area contributed by atoms with Crippen molar-refractivity contribution in [2.24, 2.45) is 0 Å². The van der Waals surface area contributed by atoms with Crippen molar-refractivity contribution in [2.75, 3.05) is 61.5 Å². The summed E-state index contributed by atoms with van der Waals surface area (Å²) in [5, 5.41) is 0.449. The monoisotopic (exact) mass is 620 g/mol. The van der Waals surface area contributed by atoms with Crippen LogP contribution in [0.4, 0.5) is 0 Å². The summed E-state index contributed by atoms with van der Waals surface area (Å²) in [6.45, 7) is 3.50. The molecule has 2 saturated heterocycles. The Labute approximate surface area is 259 Å². The second-order valence-electron chi connectivity index (χ2n) is 11.3. The Morgan fingerprint density at radius 2 is 1.21 bits per heavy atom. The molecule has 2 atom stereocenters. The van der Waals surface area contributed by atoms with Gasteiger partial charge in [-0.15, -0.1) is 0 Å². The molecule has 0 saturated carbocycles. The van der Waals surface area contributed by atoms with Gasteiger partial charge in [0.1, 0.15) is 22.3 Å². The lowest BCUT2D eigenvalue weighted by Gasteiger charge is -2.40. The van der Waals surface area contributed by atoms with Crippen LogP contribution in [0.25, 0.3) is 0 Å². The number of hydrogen-bond donors (Lipinski definition) is 0. The Morgan fingerprint density at radius 3 is 1.69 bits per heavy atom. The molecule has 0 radical (unpaired) electrons. The van der Waals surface area contributed by atoms with Crippen molar-refractivity contribution in [2.45, 2.75) is 50.0 Å². The van der Waals surface area contributed by atoms with Gasteiger partial charge in [0.15, 0.2) is 0 Å². The van der Waals surface area contributed by atoms with Crippen LogP contribution in [0.5, 0.6) is 17.2 Å².